The van der Waals surface area contributed by atoms with E-state index in [2.05, 4.69) is 83.8 Å². The molecule has 0 aliphatic rings. The van der Waals surface area contributed by atoms with Crippen LogP contribution in [0.5, 0.6) is 0 Å². The highest BCUT2D eigenvalue weighted by molar-refractivity contribution is 6.15. The molecule has 144 valence electrons. The summed E-state index contributed by atoms with van der Waals surface area (Å²) in [5.74, 6) is 0. The van der Waals surface area contributed by atoms with E-state index < -0.39 is 0 Å². The normalized spacial score (nSPS) is 11.9. The number of pyridine rings is 2. The van der Waals surface area contributed by atoms with Gasteiger partial charge in [0.15, 0.2) is 0 Å². The Morgan fingerprint density at radius 1 is 0.581 bits per heavy atom. The van der Waals surface area contributed by atoms with Crippen molar-refractivity contribution in [1.82, 2.24) is 9.97 Å². The van der Waals surface area contributed by atoms with E-state index in [1.165, 1.54) is 5.39 Å². The summed E-state index contributed by atoms with van der Waals surface area (Å²) >= 11 is 0. The van der Waals surface area contributed by atoms with Crippen LogP contribution < -0.4 is 0 Å². The third kappa shape index (κ3) is 2.41. The fraction of sp³-hybridized carbons (Fsp3) is 0. The molecule has 0 aliphatic heterocycles. The van der Waals surface area contributed by atoms with E-state index in [0.29, 0.717) is 0 Å². The van der Waals surface area contributed by atoms with Crippen LogP contribution in [-0.2, 0) is 0 Å². The van der Waals surface area contributed by atoms with E-state index in [1.807, 2.05) is 18.3 Å². The van der Waals surface area contributed by atoms with Crippen LogP contribution in [0.25, 0.3) is 65.8 Å². The van der Waals surface area contributed by atoms with Gasteiger partial charge in [-0.1, -0.05) is 54.6 Å². The smallest absolute Gasteiger partial charge is 0.143 e. The second kappa shape index (κ2) is 6.13. The Bertz CT molecular complexity index is 1800. The highest BCUT2D eigenvalue weighted by Gasteiger charge is 2.12. The summed E-state index contributed by atoms with van der Waals surface area (Å²) < 4.78 is 6.25. The Morgan fingerprint density at radius 2 is 1.39 bits per heavy atom. The van der Waals surface area contributed by atoms with Crippen LogP contribution in [0.1, 0.15) is 0 Å². The Balaban J connectivity index is 1.48. The number of fused-ring (bicyclic) bond motifs is 8. The predicted octanol–water partition coefficient (Wildman–Crippen LogP) is 7.50. The van der Waals surface area contributed by atoms with Gasteiger partial charge < -0.3 is 4.42 Å². The minimum Gasteiger partial charge on any atom is -0.455 e. The van der Waals surface area contributed by atoms with Crippen LogP contribution in [0.3, 0.4) is 0 Å². The first-order chi connectivity index (χ1) is 15.3. The first-order valence-corrected chi connectivity index (χ1v) is 10.3. The van der Waals surface area contributed by atoms with Gasteiger partial charge in [0.05, 0.1) is 16.7 Å². The fourth-order valence-corrected chi connectivity index (χ4v) is 4.55. The van der Waals surface area contributed by atoms with Crippen molar-refractivity contribution in [1.29, 1.82) is 0 Å². The predicted molar refractivity (Wildman–Crippen MR) is 127 cm³/mol. The zero-order valence-corrected chi connectivity index (χ0v) is 16.5. The van der Waals surface area contributed by atoms with Crippen LogP contribution in [-0.4, -0.2) is 9.97 Å². The van der Waals surface area contributed by atoms with Crippen molar-refractivity contribution in [2.75, 3.05) is 0 Å². The summed E-state index contributed by atoms with van der Waals surface area (Å²) in [6.45, 7) is 0. The maximum Gasteiger partial charge on any atom is 0.143 e. The second-order valence-electron chi connectivity index (χ2n) is 7.89. The number of hydrogen-bond donors (Lipinski definition) is 0. The number of rotatable bonds is 1. The molecule has 0 saturated heterocycles. The quantitative estimate of drug-likeness (QED) is 0.270. The van der Waals surface area contributed by atoms with E-state index in [4.69, 9.17) is 9.40 Å². The van der Waals surface area contributed by atoms with Gasteiger partial charge in [-0.3, -0.25) is 4.98 Å². The Kier molecular flexibility index (Phi) is 3.27. The molecule has 0 fully saturated rings. The molecular weight excluding hydrogens is 380 g/mol. The van der Waals surface area contributed by atoms with E-state index in [1.54, 1.807) is 0 Å². The lowest BCUT2D eigenvalue weighted by Crippen LogP contribution is -1.88. The molecule has 0 unspecified atom stereocenters. The summed E-state index contributed by atoms with van der Waals surface area (Å²) in [6, 6.07) is 31.4. The lowest BCUT2D eigenvalue weighted by molar-refractivity contribution is 0.672. The molecule has 0 aliphatic carbocycles. The highest BCUT2D eigenvalue weighted by Crippen LogP contribution is 2.36. The standard InChI is InChI=1S/C28H16N2O/c1-2-6-21-17(4-1)9-12-22-23-16-20(11-14-25(23)31-28(21)22)24-13-10-19-8-7-18-5-3-15-29-26(18)27(19)30-24/h1-16H. The van der Waals surface area contributed by atoms with Gasteiger partial charge in [-0.25, -0.2) is 4.98 Å². The monoisotopic (exact) mass is 396 g/mol. The van der Waals surface area contributed by atoms with Crippen molar-refractivity contribution in [2.45, 2.75) is 0 Å². The van der Waals surface area contributed by atoms with E-state index in [9.17, 15) is 0 Å². The molecule has 0 N–H and O–H groups in total. The van der Waals surface area contributed by atoms with Gasteiger partial charge in [-0.15, -0.1) is 0 Å². The second-order valence-corrected chi connectivity index (χ2v) is 7.89. The molecule has 31 heavy (non-hydrogen) atoms. The Labute approximate surface area is 177 Å². The van der Waals surface area contributed by atoms with Crippen LogP contribution in [0.4, 0.5) is 0 Å². The molecule has 4 aromatic carbocycles. The number of furan rings is 1. The Morgan fingerprint density at radius 3 is 2.35 bits per heavy atom. The summed E-state index contributed by atoms with van der Waals surface area (Å²) in [5.41, 5.74) is 5.69. The number of benzene rings is 4. The number of nitrogens with zero attached hydrogens (tertiary/aromatic N) is 2. The van der Waals surface area contributed by atoms with Crippen molar-refractivity contribution in [2.24, 2.45) is 0 Å². The topological polar surface area (TPSA) is 38.9 Å². The third-order valence-corrected chi connectivity index (χ3v) is 6.09. The summed E-state index contributed by atoms with van der Waals surface area (Å²) in [6.07, 6.45) is 1.82. The lowest BCUT2D eigenvalue weighted by atomic mass is 10.0. The molecular formula is C28H16N2O. The largest absolute Gasteiger partial charge is 0.455 e. The summed E-state index contributed by atoms with van der Waals surface area (Å²) in [5, 5.41) is 6.75. The van der Waals surface area contributed by atoms with Crippen LogP contribution in [0.15, 0.2) is 102 Å². The zero-order valence-electron chi connectivity index (χ0n) is 16.5. The van der Waals surface area contributed by atoms with Gasteiger partial charge in [0.25, 0.3) is 0 Å². The van der Waals surface area contributed by atoms with Crippen molar-refractivity contribution >= 4 is 54.5 Å². The van der Waals surface area contributed by atoms with Crippen molar-refractivity contribution in [3.63, 3.8) is 0 Å². The molecule has 0 saturated carbocycles. The van der Waals surface area contributed by atoms with Gasteiger partial charge in [-0.2, -0.15) is 0 Å². The molecule has 3 heterocycles. The highest BCUT2D eigenvalue weighted by atomic mass is 16.3. The van der Waals surface area contributed by atoms with Crippen LogP contribution in [0, 0.1) is 0 Å². The van der Waals surface area contributed by atoms with E-state index in [-0.39, 0.29) is 0 Å². The van der Waals surface area contributed by atoms with Crippen molar-refractivity contribution in [3.8, 4) is 11.3 Å². The van der Waals surface area contributed by atoms with E-state index >= 15 is 0 Å². The average Bonchev–Trinajstić information content (AvgIpc) is 3.22. The lowest BCUT2D eigenvalue weighted by Gasteiger charge is -2.06. The number of hydrogen-bond acceptors (Lipinski definition) is 3. The maximum absolute atomic E-state index is 6.25. The maximum atomic E-state index is 6.25. The molecule has 7 aromatic rings. The minimum atomic E-state index is 0.892. The molecule has 3 aromatic heterocycles. The van der Waals surface area contributed by atoms with Crippen LogP contribution >= 0.6 is 0 Å². The fourth-order valence-electron chi connectivity index (χ4n) is 4.55. The first kappa shape index (κ1) is 16.5. The molecule has 0 amide bonds. The molecule has 3 nitrogen and oxygen atoms in total. The average molecular weight is 396 g/mol. The molecule has 0 spiro atoms. The van der Waals surface area contributed by atoms with Gasteiger partial charge in [0.1, 0.15) is 11.2 Å². The molecule has 0 bridgehead atoms. The SMILES string of the molecule is c1ccc2c(c1)ccc1c3cc(-c4ccc5ccc6cccnc6c5n4)ccc3oc21. The summed E-state index contributed by atoms with van der Waals surface area (Å²) in [7, 11) is 0. The third-order valence-electron chi connectivity index (χ3n) is 6.09. The van der Waals surface area contributed by atoms with E-state index in [0.717, 1.165) is 60.4 Å². The molecule has 3 heteroatoms. The zero-order chi connectivity index (χ0) is 20.4. The van der Waals surface area contributed by atoms with Gasteiger partial charge in [-0.05, 0) is 41.8 Å². The minimum absolute atomic E-state index is 0.892. The number of aromatic nitrogens is 2. The Hall–Kier alpha value is -4.24. The summed E-state index contributed by atoms with van der Waals surface area (Å²) in [4.78, 5) is 9.58. The molecule has 0 atom stereocenters. The van der Waals surface area contributed by atoms with Crippen LogP contribution in [0.2, 0.25) is 0 Å². The molecule has 0 radical (unpaired) electrons. The van der Waals surface area contributed by atoms with Gasteiger partial charge in [0, 0.05) is 38.7 Å². The van der Waals surface area contributed by atoms with Crippen molar-refractivity contribution in [3.05, 3.63) is 97.2 Å². The van der Waals surface area contributed by atoms with Gasteiger partial charge in [0.2, 0.25) is 0 Å². The molecule has 7 rings (SSSR count). The first-order valence-electron chi connectivity index (χ1n) is 10.3. The van der Waals surface area contributed by atoms with Gasteiger partial charge >= 0.3 is 0 Å². The van der Waals surface area contributed by atoms with Crippen molar-refractivity contribution < 1.29 is 4.42 Å².